The van der Waals surface area contributed by atoms with Crippen LogP contribution in [-0.2, 0) is 19.3 Å². The highest BCUT2D eigenvalue weighted by molar-refractivity contribution is 7.91. The van der Waals surface area contributed by atoms with Gasteiger partial charge in [0, 0.05) is 41.7 Å². The van der Waals surface area contributed by atoms with E-state index in [1.54, 1.807) is 42.5 Å². The molecule has 2 N–H and O–H groups in total. The number of carbonyl (C=O) groups excluding carboxylic acids is 2. The Labute approximate surface area is 243 Å². The maximum atomic E-state index is 12.7. The molecule has 10 nitrogen and oxygen atoms in total. The predicted molar refractivity (Wildman–Crippen MR) is 160 cm³/mol. The number of aromatic amines is 1. The average Bonchev–Trinajstić information content (AvgIpc) is 3.33. The number of aromatic hydroxyl groups is 1. The Bertz CT molecular complexity index is 1720. The molecule has 5 rings (SSSR count). The van der Waals surface area contributed by atoms with Crippen LogP contribution in [0.15, 0.2) is 77.8 Å². The molecule has 0 bridgehead atoms. The Morgan fingerprint density at radius 3 is 2.33 bits per heavy atom. The molecule has 1 aromatic heterocycles. The molecule has 42 heavy (non-hydrogen) atoms. The Kier molecular flexibility index (Phi) is 8.81. The smallest absolute Gasteiger partial charge is 0.337 e. The van der Waals surface area contributed by atoms with Crippen molar-refractivity contribution in [3.63, 3.8) is 0 Å². The number of nitrogens with zero attached hydrogens (tertiary/aromatic N) is 2. The summed E-state index contributed by atoms with van der Waals surface area (Å²) in [5.41, 5.74) is 3.72. The lowest BCUT2D eigenvalue weighted by atomic mass is 10.00. The van der Waals surface area contributed by atoms with Crippen molar-refractivity contribution in [1.29, 1.82) is 0 Å². The quantitative estimate of drug-likeness (QED) is 0.123. The molecule has 1 saturated heterocycles. The van der Waals surface area contributed by atoms with E-state index in [4.69, 9.17) is 14.5 Å². The first kappa shape index (κ1) is 29.2. The topological polar surface area (TPSA) is 138 Å². The van der Waals surface area contributed by atoms with Gasteiger partial charge in [0.05, 0.1) is 47.7 Å². The van der Waals surface area contributed by atoms with E-state index in [0.29, 0.717) is 65.2 Å². The Morgan fingerprint density at radius 1 is 0.952 bits per heavy atom. The maximum absolute atomic E-state index is 12.7. The molecule has 0 unspecified atom stereocenters. The number of esters is 1. The molecule has 11 heteroatoms. The maximum Gasteiger partial charge on any atom is 0.337 e. The molecule has 1 aliphatic heterocycles. The molecule has 0 atom stereocenters. The molecular formula is C31H31N3O7S. The zero-order valence-electron chi connectivity index (χ0n) is 23.1. The van der Waals surface area contributed by atoms with Crippen LogP contribution in [0.1, 0.15) is 31.8 Å². The zero-order chi connectivity index (χ0) is 29.7. The van der Waals surface area contributed by atoms with Crippen LogP contribution in [0.4, 0.5) is 5.69 Å². The lowest BCUT2D eigenvalue weighted by Crippen LogP contribution is -2.41. The summed E-state index contributed by atoms with van der Waals surface area (Å²) in [7, 11) is -1.62. The zero-order valence-corrected chi connectivity index (χ0v) is 23.9. The third kappa shape index (κ3) is 6.76. The highest BCUT2D eigenvalue weighted by Crippen LogP contribution is 2.32. The number of carbonyl (C=O) groups is 2. The number of nitrogens with one attached hydrogen (secondary N) is 1. The van der Waals surface area contributed by atoms with Crippen LogP contribution >= 0.6 is 0 Å². The molecular weight excluding hydrogens is 558 g/mol. The molecule has 0 saturated carbocycles. The minimum absolute atomic E-state index is 0.0825. The Balaban J connectivity index is 1.32. The van der Waals surface area contributed by atoms with Crippen molar-refractivity contribution in [2.24, 2.45) is 4.99 Å². The predicted octanol–water partition coefficient (Wildman–Crippen LogP) is 3.76. The van der Waals surface area contributed by atoms with Crippen LogP contribution in [0, 0.1) is 0 Å². The second kappa shape index (κ2) is 12.7. The van der Waals surface area contributed by atoms with Crippen molar-refractivity contribution in [3.8, 4) is 5.88 Å². The van der Waals surface area contributed by atoms with Crippen molar-refractivity contribution < 1.29 is 32.6 Å². The second-order valence-corrected chi connectivity index (χ2v) is 12.2. The summed E-state index contributed by atoms with van der Waals surface area (Å²) in [6.07, 6.45) is 0. The summed E-state index contributed by atoms with van der Waals surface area (Å²) in [6, 6.07) is 21.2. The number of fused-ring (bicyclic) bond motifs is 1. The van der Waals surface area contributed by atoms with Crippen LogP contribution < -0.4 is 0 Å². The molecule has 3 aromatic carbocycles. The highest BCUT2D eigenvalue weighted by Gasteiger charge is 2.22. The number of aliphatic imine (C=N–C) groups is 1. The van der Waals surface area contributed by atoms with Gasteiger partial charge < -0.3 is 19.6 Å². The van der Waals surface area contributed by atoms with E-state index >= 15 is 0 Å². The number of benzene rings is 3. The molecule has 0 amide bonds. The molecule has 1 fully saturated rings. The SMILES string of the molecule is COC(=O)c1ccc2c(C(=Nc3ccc(C(=O)COCCN4CCS(=O)(=O)CC4)cc3)c3ccccc3)c(O)[nH]c2c1. The Morgan fingerprint density at radius 2 is 1.64 bits per heavy atom. The third-order valence-electron chi connectivity index (χ3n) is 7.14. The van der Waals surface area contributed by atoms with Gasteiger partial charge in [-0.2, -0.15) is 0 Å². The number of ketones is 1. The summed E-state index contributed by atoms with van der Waals surface area (Å²) in [5.74, 6) is -0.439. The number of ether oxygens (including phenoxy) is 2. The molecule has 0 radical (unpaired) electrons. The van der Waals surface area contributed by atoms with Crippen molar-refractivity contribution >= 4 is 43.9 Å². The van der Waals surface area contributed by atoms with E-state index in [1.807, 2.05) is 35.2 Å². The van der Waals surface area contributed by atoms with Gasteiger partial charge >= 0.3 is 5.97 Å². The van der Waals surface area contributed by atoms with E-state index in [9.17, 15) is 23.1 Å². The minimum atomic E-state index is -2.93. The second-order valence-electron chi connectivity index (χ2n) is 9.94. The monoisotopic (exact) mass is 589 g/mol. The highest BCUT2D eigenvalue weighted by atomic mass is 32.2. The first-order chi connectivity index (χ1) is 20.2. The van der Waals surface area contributed by atoms with Gasteiger partial charge in [-0.1, -0.05) is 36.4 Å². The molecule has 2 heterocycles. The van der Waals surface area contributed by atoms with E-state index in [0.717, 1.165) is 5.56 Å². The molecule has 4 aromatic rings. The third-order valence-corrected chi connectivity index (χ3v) is 8.75. The summed E-state index contributed by atoms with van der Waals surface area (Å²) in [5, 5.41) is 11.6. The van der Waals surface area contributed by atoms with Gasteiger partial charge in [-0.15, -0.1) is 0 Å². The lowest BCUT2D eigenvalue weighted by Gasteiger charge is -2.26. The fourth-order valence-corrected chi connectivity index (χ4v) is 6.07. The van der Waals surface area contributed by atoms with Crippen molar-refractivity contribution in [1.82, 2.24) is 9.88 Å². The number of Topliss-reactive ketones (excluding diaryl/α,β-unsaturated/α-hetero) is 1. The number of H-pyrrole nitrogens is 1. The summed E-state index contributed by atoms with van der Waals surface area (Å²) in [6.45, 7) is 1.79. The van der Waals surface area contributed by atoms with Crippen molar-refractivity contribution in [2.45, 2.75) is 0 Å². The average molecular weight is 590 g/mol. The number of aromatic nitrogens is 1. The van der Waals surface area contributed by atoms with Gasteiger partial charge in [-0.25, -0.2) is 18.2 Å². The van der Waals surface area contributed by atoms with E-state index in [-0.39, 0.29) is 29.8 Å². The fourth-order valence-electron chi connectivity index (χ4n) is 4.80. The summed E-state index contributed by atoms with van der Waals surface area (Å²) >= 11 is 0. The lowest BCUT2D eigenvalue weighted by molar-refractivity contribution is 0.0600. The normalized spacial score (nSPS) is 15.5. The fraction of sp³-hybridized carbons (Fsp3) is 0.258. The van der Waals surface area contributed by atoms with Gasteiger partial charge in [-0.05, 0) is 36.4 Å². The molecule has 0 spiro atoms. The number of hydrogen-bond donors (Lipinski definition) is 2. The first-order valence-corrected chi connectivity index (χ1v) is 15.3. The van der Waals surface area contributed by atoms with Gasteiger partial charge in [0.25, 0.3) is 0 Å². The van der Waals surface area contributed by atoms with Gasteiger partial charge in [0.15, 0.2) is 21.5 Å². The van der Waals surface area contributed by atoms with E-state index < -0.39 is 15.8 Å². The molecule has 218 valence electrons. The van der Waals surface area contributed by atoms with Gasteiger partial charge in [0.1, 0.15) is 6.61 Å². The first-order valence-electron chi connectivity index (χ1n) is 13.5. The number of hydrogen-bond acceptors (Lipinski definition) is 9. The van der Waals surface area contributed by atoms with Crippen LogP contribution in [0.5, 0.6) is 5.88 Å². The Hall–Kier alpha value is -4.32. The van der Waals surface area contributed by atoms with Crippen molar-refractivity contribution in [2.75, 3.05) is 51.5 Å². The standard InChI is InChI=1S/C31H31N3O7S/c1-40-31(37)23-9-12-25-26(19-23)33-30(36)28(25)29(22-5-3-2-4-6-22)32-24-10-7-21(8-11-24)27(35)20-41-16-13-34-14-17-42(38,39)18-15-34/h2-12,19,33,36H,13-18,20H2,1H3. The van der Waals surface area contributed by atoms with Crippen molar-refractivity contribution in [3.05, 3.63) is 95.1 Å². The van der Waals surface area contributed by atoms with Crippen LogP contribution in [0.2, 0.25) is 0 Å². The van der Waals surface area contributed by atoms with Crippen LogP contribution in [-0.4, -0.2) is 92.3 Å². The van der Waals surface area contributed by atoms with Gasteiger partial charge in [-0.3, -0.25) is 9.69 Å². The van der Waals surface area contributed by atoms with E-state index in [2.05, 4.69) is 4.98 Å². The minimum Gasteiger partial charge on any atom is -0.494 e. The molecule has 0 aliphatic carbocycles. The molecule has 1 aliphatic rings. The van der Waals surface area contributed by atoms with Crippen LogP contribution in [0.3, 0.4) is 0 Å². The summed E-state index contributed by atoms with van der Waals surface area (Å²) in [4.78, 5) is 34.5. The van der Waals surface area contributed by atoms with E-state index in [1.165, 1.54) is 7.11 Å². The number of sulfone groups is 1. The summed E-state index contributed by atoms with van der Waals surface area (Å²) < 4.78 is 33.5. The largest absolute Gasteiger partial charge is 0.494 e. The van der Waals surface area contributed by atoms with Gasteiger partial charge in [0.2, 0.25) is 0 Å². The number of rotatable bonds is 10. The number of methoxy groups -OCH3 is 1. The van der Waals surface area contributed by atoms with Crippen LogP contribution in [0.25, 0.3) is 10.9 Å².